The summed E-state index contributed by atoms with van der Waals surface area (Å²) in [5, 5.41) is 5.32. The fourth-order valence-electron chi connectivity index (χ4n) is 3.99. The molecule has 1 aromatic rings. The van der Waals surface area contributed by atoms with Gasteiger partial charge in [-0.15, -0.1) is 0 Å². The average Bonchev–Trinajstić information content (AvgIpc) is 3.30. The van der Waals surface area contributed by atoms with Crippen molar-refractivity contribution in [2.75, 3.05) is 33.0 Å². The molecule has 1 aromatic carbocycles. The normalized spacial score (nSPS) is 23.5. The Labute approximate surface area is 202 Å². The molecular formula is C23H30N4O6S. The van der Waals surface area contributed by atoms with Gasteiger partial charge in [0.05, 0.1) is 5.56 Å². The van der Waals surface area contributed by atoms with E-state index >= 15 is 0 Å². The topological polar surface area (TPSA) is 125 Å². The monoisotopic (exact) mass is 490 g/mol. The van der Waals surface area contributed by atoms with Gasteiger partial charge in [0, 0.05) is 39.1 Å². The second-order valence-electron chi connectivity index (χ2n) is 8.50. The summed E-state index contributed by atoms with van der Waals surface area (Å²) in [6.45, 7) is 1.45. The molecule has 0 radical (unpaired) electrons. The first-order valence-corrected chi connectivity index (χ1v) is 12.3. The van der Waals surface area contributed by atoms with Crippen molar-refractivity contribution < 1.29 is 28.7 Å². The third kappa shape index (κ3) is 6.07. The maximum absolute atomic E-state index is 13.1. The van der Waals surface area contributed by atoms with Crippen LogP contribution in [0.1, 0.15) is 35.7 Å². The number of benzene rings is 1. The number of rotatable bonds is 3. The lowest BCUT2D eigenvalue weighted by atomic mass is 10.1. The van der Waals surface area contributed by atoms with Crippen molar-refractivity contribution in [2.45, 2.75) is 43.6 Å². The van der Waals surface area contributed by atoms with Crippen LogP contribution in [-0.4, -0.2) is 90.5 Å². The SMILES string of the molecule is CC(=O)N1CCC[C@H]1C(=O)N[C@@H]1COC(=O)c2ccccc2CSC[C@H](C(=O)N(C)C)NC1=O. The van der Waals surface area contributed by atoms with Crippen LogP contribution in [0.4, 0.5) is 0 Å². The molecule has 10 nitrogen and oxygen atoms in total. The third-order valence-electron chi connectivity index (χ3n) is 5.81. The molecule has 3 rings (SSSR count). The number of amides is 4. The molecule has 0 aromatic heterocycles. The Bertz CT molecular complexity index is 969. The van der Waals surface area contributed by atoms with Crippen LogP contribution < -0.4 is 10.6 Å². The van der Waals surface area contributed by atoms with E-state index in [2.05, 4.69) is 10.6 Å². The number of nitrogens with zero attached hydrogens (tertiary/aromatic N) is 2. The van der Waals surface area contributed by atoms with Crippen molar-refractivity contribution in [1.82, 2.24) is 20.4 Å². The Kier molecular flexibility index (Phi) is 8.54. The molecule has 0 saturated carbocycles. The van der Waals surface area contributed by atoms with Crippen LogP contribution in [0.2, 0.25) is 0 Å². The first-order chi connectivity index (χ1) is 16.2. The largest absolute Gasteiger partial charge is 0.459 e. The number of esters is 1. The van der Waals surface area contributed by atoms with E-state index in [1.165, 1.54) is 28.5 Å². The Morgan fingerprint density at radius 3 is 2.65 bits per heavy atom. The van der Waals surface area contributed by atoms with Crippen molar-refractivity contribution in [1.29, 1.82) is 0 Å². The predicted octanol–water partition coefficient (Wildman–Crippen LogP) is 0.159. The molecule has 184 valence electrons. The minimum absolute atomic E-state index is 0.225. The first kappa shape index (κ1) is 25.5. The van der Waals surface area contributed by atoms with Gasteiger partial charge in [-0.1, -0.05) is 18.2 Å². The van der Waals surface area contributed by atoms with Gasteiger partial charge in [-0.3, -0.25) is 19.2 Å². The highest BCUT2D eigenvalue weighted by Gasteiger charge is 2.36. The Balaban J connectivity index is 1.85. The minimum atomic E-state index is -1.22. The number of carbonyl (C=O) groups excluding carboxylic acids is 5. The maximum atomic E-state index is 13.1. The van der Waals surface area contributed by atoms with Crippen molar-refractivity contribution >= 4 is 41.4 Å². The van der Waals surface area contributed by atoms with Gasteiger partial charge in [0.15, 0.2) is 0 Å². The maximum Gasteiger partial charge on any atom is 0.338 e. The van der Waals surface area contributed by atoms with Crippen LogP contribution in [0.5, 0.6) is 0 Å². The summed E-state index contributed by atoms with van der Waals surface area (Å²) >= 11 is 1.41. The zero-order valence-electron chi connectivity index (χ0n) is 19.5. The summed E-state index contributed by atoms with van der Waals surface area (Å²) in [6, 6.07) is 4.24. The van der Waals surface area contributed by atoms with Crippen LogP contribution in [0.3, 0.4) is 0 Å². The molecule has 0 unspecified atom stereocenters. The van der Waals surface area contributed by atoms with E-state index in [1.807, 2.05) is 12.1 Å². The lowest BCUT2D eigenvalue weighted by molar-refractivity contribution is -0.139. The van der Waals surface area contributed by atoms with Crippen molar-refractivity contribution in [3.63, 3.8) is 0 Å². The highest BCUT2D eigenvalue weighted by atomic mass is 32.2. The molecule has 2 aliphatic heterocycles. The number of hydrogen-bond acceptors (Lipinski definition) is 7. The van der Waals surface area contributed by atoms with Gasteiger partial charge in [0.2, 0.25) is 23.6 Å². The van der Waals surface area contributed by atoms with E-state index in [0.717, 1.165) is 5.56 Å². The van der Waals surface area contributed by atoms with Crippen LogP contribution >= 0.6 is 11.8 Å². The number of likely N-dealkylation sites (N-methyl/N-ethyl adjacent to an activating group) is 1. The van der Waals surface area contributed by atoms with Crippen molar-refractivity contribution in [3.8, 4) is 0 Å². The summed E-state index contributed by atoms with van der Waals surface area (Å²) < 4.78 is 5.41. The number of likely N-dealkylation sites (tertiary alicyclic amines) is 1. The van der Waals surface area contributed by atoms with Gasteiger partial charge < -0.3 is 25.2 Å². The molecule has 3 atom stereocenters. The third-order valence-corrected chi connectivity index (χ3v) is 6.89. The quantitative estimate of drug-likeness (QED) is 0.578. The zero-order valence-corrected chi connectivity index (χ0v) is 20.4. The first-order valence-electron chi connectivity index (χ1n) is 11.1. The number of fused-ring (bicyclic) bond motifs is 1. The zero-order chi connectivity index (χ0) is 24.8. The average molecular weight is 491 g/mol. The molecule has 0 bridgehead atoms. The Morgan fingerprint density at radius 2 is 1.94 bits per heavy atom. The second-order valence-corrected chi connectivity index (χ2v) is 9.53. The van der Waals surface area contributed by atoms with Gasteiger partial charge in [-0.2, -0.15) is 11.8 Å². The van der Waals surface area contributed by atoms with Crippen molar-refractivity contribution in [2.24, 2.45) is 0 Å². The van der Waals surface area contributed by atoms with Crippen molar-refractivity contribution in [3.05, 3.63) is 35.4 Å². The molecule has 2 N–H and O–H groups in total. The van der Waals surface area contributed by atoms with Crippen LogP contribution in [0.15, 0.2) is 24.3 Å². The van der Waals surface area contributed by atoms with E-state index in [1.54, 1.807) is 26.2 Å². The number of cyclic esters (lactones) is 1. The molecule has 34 heavy (non-hydrogen) atoms. The standard InChI is InChI=1S/C23H30N4O6S/c1-14(28)27-10-6-9-19(27)21(30)24-17-11-33-23(32)16-8-5-4-7-15(16)12-34-13-18(25-20(17)29)22(31)26(2)3/h4-5,7-8,17-19H,6,9-13H2,1-3H3,(H,24,30)(H,25,29)/t17-,18-,19+/m1/s1. The Morgan fingerprint density at radius 1 is 1.21 bits per heavy atom. The molecule has 0 spiro atoms. The molecule has 11 heteroatoms. The lowest BCUT2D eigenvalue weighted by Crippen LogP contribution is -2.58. The summed E-state index contributed by atoms with van der Waals surface area (Å²) in [5.74, 6) is -1.50. The lowest BCUT2D eigenvalue weighted by Gasteiger charge is -2.27. The smallest absolute Gasteiger partial charge is 0.338 e. The molecule has 0 aliphatic carbocycles. The minimum Gasteiger partial charge on any atom is -0.459 e. The van der Waals surface area contributed by atoms with Gasteiger partial charge >= 0.3 is 5.97 Å². The van der Waals surface area contributed by atoms with Gasteiger partial charge in [0.1, 0.15) is 24.7 Å². The number of ether oxygens (including phenoxy) is 1. The second kappa shape index (κ2) is 11.4. The van der Waals surface area contributed by atoms with Crippen LogP contribution in [0.25, 0.3) is 0 Å². The molecule has 2 aliphatic rings. The van der Waals surface area contributed by atoms with Crippen LogP contribution in [-0.2, 0) is 29.7 Å². The summed E-state index contributed by atoms with van der Waals surface area (Å²) in [5.41, 5.74) is 1.12. The summed E-state index contributed by atoms with van der Waals surface area (Å²) in [4.78, 5) is 66.2. The predicted molar refractivity (Wildman–Crippen MR) is 126 cm³/mol. The van der Waals surface area contributed by atoms with E-state index in [-0.39, 0.29) is 17.6 Å². The van der Waals surface area contributed by atoms with E-state index < -0.39 is 42.5 Å². The van der Waals surface area contributed by atoms with Crippen LogP contribution in [0, 0.1) is 0 Å². The summed E-state index contributed by atoms with van der Waals surface area (Å²) in [6.07, 6.45) is 1.15. The number of nitrogens with one attached hydrogen (secondary N) is 2. The van der Waals surface area contributed by atoms with E-state index in [4.69, 9.17) is 4.74 Å². The summed E-state index contributed by atoms with van der Waals surface area (Å²) in [7, 11) is 3.20. The van der Waals surface area contributed by atoms with Gasteiger partial charge in [-0.25, -0.2) is 4.79 Å². The number of hydrogen-bond donors (Lipinski definition) is 2. The fraction of sp³-hybridized carbons (Fsp3) is 0.522. The van der Waals surface area contributed by atoms with Gasteiger partial charge in [0.25, 0.3) is 0 Å². The molecular weight excluding hydrogens is 460 g/mol. The number of carbonyl (C=O) groups is 5. The molecule has 1 fully saturated rings. The fourth-order valence-corrected chi connectivity index (χ4v) is 5.05. The highest BCUT2D eigenvalue weighted by molar-refractivity contribution is 7.98. The molecule has 1 saturated heterocycles. The molecule has 2 heterocycles. The molecule has 4 amide bonds. The van der Waals surface area contributed by atoms with E-state index in [9.17, 15) is 24.0 Å². The Hall–Kier alpha value is -3.08. The van der Waals surface area contributed by atoms with Gasteiger partial charge in [-0.05, 0) is 24.5 Å². The highest BCUT2D eigenvalue weighted by Crippen LogP contribution is 2.20. The van der Waals surface area contributed by atoms with E-state index in [0.29, 0.717) is 30.7 Å². The number of thioether (sulfide) groups is 1.